The number of hydroxylamine groups is 2. The predicted molar refractivity (Wildman–Crippen MR) is 272 cm³/mol. The summed E-state index contributed by atoms with van der Waals surface area (Å²) in [5.41, 5.74) is 0.724. The lowest BCUT2D eigenvalue weighted by molar-refractivity contribution is -0.273. The number of ether oxygens (including phenoxy) is 2. The molecule has 64 heavy (non-hydrogen) atoms. The van der Waals surface area contributed by atoms with Gasteiger partial charge in [0.25, 0.3) is 0 Å². The number of hydrogen-bond acceptors (Lipinski definition) is 17. The summed E-state index contributed by atoms with van der Waals surface area (Å²) in [7, 11) is 2.96. The van der Waals surface area contributed by atoms with Crippen molar-refractivity contribution in [2.24, 2.45) is 0 Å². The van der Waals surface area contributed by atoms with Crippen LogP contribution in [0, 0.1) is 0 Å². The number of aliphatic hydroxyl groups is 7. The number of β-amino-alcohol motifs (C(OH)–C–C–N with tert-alkyl or cyclic N) is 2. The Hall–Kier alpha value is 0.450. The Morgan fingerprint density at radius 3 is 1.38 bits per heavy atom. The molecule has 2 aliphatic rings. The zero-order valence-corrected chi connectivity index (χ0v) is 46.6. The molecule has 19 nitrogen and oxygen atoms in total. The highest BCUT2D eigenvalue weighted by Gasteiger charge is 2.33. The number of hydrogen-bond donors (Lipinski definition) is 12. The van der Waals surface area contributed by atoms with Gasteiger partial charge in [-0.3, -0.25) is 14.7 Å². The number of phenols is 2. The quantitative estimate of drug-likeness (QED) is 0.0339. The first-order valence-corrected chi connectivity index (χ1v) is 22.5. The Kier molecular flexibility index (Phi) is 67.2. The van der Waals surface area contributed by atoms with Crippen LogP contribution < -0.4 is 34.1 Å². The van der Waals surface area contributed by atoms with Gasteiger partial charge in [0, 0.05) is 62.4 Å². The van der Waals surface area contributed by atoms with Crippen molar-refractivity contribution < 1.29 is 95.3 Å². The second kappa shape index (κ2) is 52.8. The van der Waals surface area contributed by atoms with Gasteiger partial charge in [0.05, 0.1) is 77.6 Å². The van der Waals surface area contributed by atoms with Gasteiger partial charge in [0.1, 0.15) is 24.1 Å². The summed E-state index contributed by atoms with van der Waals surface area (Å²) in [4.78, 5) is 4.54. The minimum atomic E-state index is -1.43. The molecule has 14 N–H and O–H groups in total. The molecule has 0 amide bonds. The van der Waals surface area contributed by atoms with Crippen molar-refractivity contribution >= 4 is 101 Å². The third-order valence-electron chi connectivity index (χ3n) is 6.74. The molecular formula is C38H74Br6IN5O14. The van der Waals surface area contributed by atoms with E-state index in [0.717, 1.165) is 50.9 Å². The van der Waals surface area contributed by atoms with E-state index in [2.05, 4.69) is 137 Å². The average Bonchev–Trinajstić information content (AvgIpc) is 3.93. The van der Waals surface area contributed by atoms with Crippen LogP contribution in [0.3, 0.4) is 0 Å². The number of rotatable bonds is 13. The summed E-state index contributed by atoms with van der Waals surface area (Å²) in [6, 6.07) is 3.56. The molecule has 0 aromatic heterocycles. The fourth-order valence-electron chi connectivity index (χ4n) is 4.07. The molecule has 2 aromatic carbocycles. The average molecular weight is 1430 g/mol. The number of benzene rings is 2. The lowest BCUT2D eigenvalue weighted by Gasteiger charge is -2.23. The maximum Gasteiger partial charge on any atom is 0.231 e. The van der Waals surface area contributed by atoms with Crippen LogP contribution in [0.25, 0.3) is 0 Å². The van der Waals surface area contributed by atoms with Crippen LogP contribution in [0.2, 0.25) is 0 Å². The standard InChI is InChI=1S/C11H15Br3N2O4.C6H3Br3O.2C5H11NO2.C4H11NO2.2C2H4.CH4O2.2CH4.HI.H2O/c1-15(3-4-17)5-6-7(12)10(16(2,19)20)9(14)11(18)8(6)13;7-3-1-4(8)6(10)5(9)2-3;2*7-3-1-6-2-4-8-5-6;6-3-1-5-2-4-7;2*1-2;2-1-3;;;;/h17,19-20H,3-5H2,1-2H3;1-2,10H;2*7H,1-5H2;5-7H,1-4H2;2*1-2H2;2-3H,1H2;2*1H4;1H;1H2. The third-order valence-corrected chi connectivity index (χ3v) is 10.9. The summed E-state index contributed by atoms with van der Waals surface area (Å²) in [6.45, 7) is 20.5. The molecule has 2 fully saturated rings. The molecule has 2 aliphatic heterocycles. The summed E-state index contributed by atoms with van der Waals surface area (Å²) < 4.78 is 13.4. The fraction of sp³-hybridized carbons (Fsp3) is 0.579. The second-order valence-corrected chi connectivity index (χ2v) is 16.3. The summed E-state index contributed by atoms with van der Waals surface area (Å²) >= 11 is 19.4. The highest BCUT2D eigenvalue weighted by atomic mass is 127. The Morgan fingerprint density at radius 1 is 0.688 bits per heavy atom. The number of halogens is 7. The van der Waals surface area contributed by atoms with Crippen molar-refractivity contribution in [3.8, 4) is 11.5 Å². The SMILES string of the molecule is C.C.C=C.C=C.CN(CCO)Cc1c(Br)c(O)c(Br)c([N+](C)(O)O)c1Br.O.OCCN1CCOC1.OCCN1CCOC1.OCCNCCO.OCO.Oc1c(Br)cc(Br)cc1Br.[I-]. The van der Waals surface area contributed by atoms with E-state index in [9.17, 15) is 20.6 Å². The first-order chi connectivity index (χ1) is 28.4. The number of phenolic OH excluding ortho intramolecular Hbond substituents is 2. The van der Waals surface area contributed by atoms with Crippen molar-refractivity contribution in [1.29, 1.82) is 0 Å². The molecule has 384 valence electrons. The molecule has 26 heteroatoms. The number of likely N-dealkylation sites (N-methyl/N-ethyl adjacent to an activating group) is 1. The maximum absolute atomic E-state index is 10.1. The van der Waals surface area contributed by atoms with Gasteiger partial charge in [0.15, 0.2) is 5.75 Å². The summed E-state index contributed by atoms with van der Waals surface area (Å²) in [6.07, 6.45) is 0. The highest BCUT2D eigenvalue weighted by Crippen LogP contribution is 2.48. The number of aromatic hydroxyl groups is 2. The monoisotopic (exact) mass is 1420 g/mol. The first kappa shape index (κ1) is 81.4. The molecule has 2 aromatic rings. The van der Waals surface area contributed by atoms with Crippen molar-refractivity contribution in [2.45, 2.75) is 21.4 Å². The molecule has 4 rings (SSSR count). The van der Waals surface area contributed by atoms with Crippen LogP contribution in [0.4, 0.5) is 5.69 Å². The van der Waals surface area contributed by atoms with E-state index >= 15 is 0 Å². The lowest BCUT2D eigenvalue weighted by atomic mass is 10.1. The van der Waals surface area contributed by atoms with Crippen LogP contribution in [0.15, 0.2) is 65.3 Å². The van der Waals surface area contributed by atoms with Gasteiger partial charge in [-0.1, -0.05) is 30.8 Å². The lowest BCUT2D eigenvalue weighted by Crippen LogP contribution is -3.00. The van der Waals surface area contributed by atoms with E-state index < -0.39 is 11.6 Å². The van der Waals surface area contributed by atoms with Gasteiger partial charge in [0.2, 0.25) is 5.69 Å². The van der Waals surface area contributed by atoms with E-state index in [0.29, 0.717) is 63.1 Å². The van der Waals surface area contributed by atoms with Gasteiger partial charge in [-0.2, -0.15) is 10.4 Å². The first-order valence-electron chi connectivity index (χ1n) is 17.7. The normalized spacial score (nSPS) is 12.3. The van der Waals surface area contributed by atoms with Crippen LogP contribution in [0.1, 0.15) is 20.4 Å². The molecule has 0 unspecified atom stereocenters. The zero-order valence-electron chi connectivity index (χ0n) is 34.9. The van der Waals surface area contributed by atoms with Crippen molar-refractivity contribution in [3.63, 3.8) is 0 Å². The van der Waals surface area contributed by atoms with E-state index in [1.54, 1.807) is 19.2 Å². The van der Waals surface area contributed by atoms with Crippen LogP contribution in [0.5, 0.6) is 11.5 Å². The Morgan fingerprint density at radius 2 is 1.08 bits per heavy atom. The largest absolute Gasteiger partial charge is 1.00 e. The molecule has 2 heterocycles. The molecule has 0 spiro atoms. The molecule has 0 saturated carbocycles. The van der Waals surface area contributed by atoms with E-state index in [4.69, 9.17) is 45.2 Å². The fourth-order valence-corrected chi connectivity index (χ4v) is 9.24. The van der Waals surface area contributed by atoms with Crippen molar-refractivity contribution in [2.75, 3.05) is 126 Å². The van der Waals surface area contributed by atoms with Gasteiger partial charge in [-0.05, 0) is 104 Å². The number of nitrogens with zero attached hydrogens (tertiary/aromatic N) is 4. The van der Waals surface area contributed by atoms with E-state index in [1.165, 1.54) is 0 Å². The minimum absolute atomic E-state index is 0. The molecule has 0 atom stereocenters. The Labute approximate surface area is 447 Å². The Balaban J connectivity index is -0.000000102. The van der Waals surface area contributed by atoms with E-state index in [1.807, 2.05) is 4.90 Å². The molecular weight excluding hydrogens is 1360 g/mol. The molecule has 0 aliphatic carbocycles. The molecule has 0 radical (unpaired) electrons. The van der Waals surface area contributed by atoms with Crippen molar-refractivity contribution in [1.82, 2.24) is 24.8 Å². The van der Waals surface area contributed by atoms with Gasteiger partial charge >= 0.3 is 0 Å². The highest BCUT2D eigenvalue weighted by molar-refractivity contribution is 9.12. The van der Waals surface area contributed by atoms with Gasteiger partial charge in [-0.25, -0.2) is 0 Å². The number of quaternary nitrogens is 1. The third kappa shape index (κ3) is 39.3. The molecule has 2 saturated heterocycles. The zero-order chi connectivity index (χ0) is 47.3. The van der Waals surface area contributed by atoms with E-state index in [-0.39, 0.29) is 99.0 Å². The van der Waals surface area contributed by atoms with Crippen LogP contribution >= 0.6 is 95.6 Å². The van der Waals surface area contributed by atoms with Gasteiger partial charge in [-0.15, -0.1) is 26.3 Å². The topological polar surface area (TPSA) is 294 Å². The maximum atomic E-state index is 10.1. The second-order valence-electron chi connectivity index (χ2n) is 11.3. The van der Waals surface area contributed by atoms with Crippen molar-refractivity contribution in [3.05, 3.63) is 70.8 Å². The van der Waals surface area contributed by atoms with Crippen LogP contribution in [-0.2, 0) is 16.0 Å². The predicted octanol–water partition coefficient (Wildman–Crippen LogP) is 1.58. The Bertz CT molecular complexity index is 1310. The summed E-state index contributed by atoms with van der Waals surface area (Å²) in [5.74, 6) is 0.103. The number of aliphatic hydroxyl groups excluding tert-OH is 6. The van der Waals surface area contributed by atoms with Gasteiger partial charge < -0.3 is 90.2 Å². The number of nitrogens with one attached hydrogen (secondary N) is 1. The minimum Gasteiger partial charge on any atom is -1.00 e. The van der Waals surface area contributed by atoms with Crippen LogP contribution in [-0.4, -0.2) is 203 Å². The summed E-state index contributed by atoms with van der Waals surface area (Å²) in [5, 5.41) is 98.0. The smallest absolute Gasteiger partial charge is 0.231 e. The molecule has 0 bridgehead atoms.